The van der Waals surface area contributed by atoms with Crippen LogP contribution in [0.25, 0.3) is 6.08 Å². The molecule has 0 bridgehead atoms. The molecule has 0 aliphatic heterocycles. The van der Waals surface area contributed by atoms with Gasteiger partial charge in [0.15, 0.2) is 0 Å². The number of ether oxygens (including phenoxy) is 3. The van der Waals surface area contributed by atoms with Gasteiger partial charge in [0.25, 0.3) is 0 Å². The van der Waals surface area contributed by atoms with Crippen molar-refractivity contribution in [3.63, 3.8) is 0 Å². The molecule has 0 saturated carbocycles. The quantitative estimate of drug-likeness (QED) is 0.584. The maximum atomic E-state index is 11.9. The number of benzene rings is 2. The monoisotopic (exact) mass is 354 g/mol. The SMILES string of the molecule is CC(=O)Oc1ccc(/C=C\COC(=O)c2ccc(OC(C)=O)cc2)cc1. The molecule has 0 heterocycles. The van der Waals surface area contributed by atoms with Crippen LogP contribution in [0.15, 0.2) is 54.6 Å². The lowest BCUT2D eigenvalue weighted by Crippen LogP contribution is -2.06. The molecule has 0 radical (unpaired) electrons. The highest BCUT2D eigenvalue weighted by molar-refractivity contribution is 5.89. The average molecular weight is 354 g/mol. The molecular weight excluding hydrogens is 336 g/mol. The molecule has 0 saturated heterocycles. The van der Waals surface area contributed by atoms with Crippen molar-refractivity contribution in [2.24, 2.45) is 0 Å². The molecule has 6 nitrogen and oxygen atoms in total. The van der Waals surface area contributed by atoms with E-state index in [9.17, 15) is 14.4 Å². The van der Waals surface area contributed by atoms with Gasteiger partial charge in [-0.05, 0) is 48.0 Å². The second-order valence-corrected chi connectivity index (χ2v) is 5.28. The van der Waals surface area contributed by atoms with Crippen LogP contribution in [0.5, 0.6) is 11.5 Å². The van der Waals surface area contributed by atoms with Crippen LogP contribution in [-0.2, 0) is 14.3 Å². The summed E-state index contributed by atoms with van der Waals surface area (Å²) in [6.45, 7) is 2.75. The summed E-state index contributed by atoms with van der Waals surface area (Å²) < 4.78 is 15.0. The lowest BCUT2D eigenvalue weighted by Gasteiger charge is -2.04. The normalized spacial score (nSPS) is 10.4. The van der Waals surface area contributed by atoms with Gasteiger partial charge in [-0.15, -0.1) is 0 Å². The van der Waals surface area contributed by atoms with Crippen LogP contribution in [0.1, 0.15) is 29.8 Å². The molecule has 0 spiro atoms. The van der Waals surface area contributed by atoms with Crippen molar-refractivity contribution in [2.75, 3.05) is 6.61 Å². The molecule has 2 rings (SSSR count). The maximum Gasteiger partial charge on any atom is 0.338 e. The lowest BCUT2D eigenvalue weighted by atomic mass is 10.2. The highest BCUT2D eigenvalue weighted by atomic mass is 16.5. The average Bonchev–Trinajstić information content (AvgIpc) is 2.59. The van der Waals surface area contributed by atoms with E-state index < -0.39 is 11.9 Å². The highest BCUT2D eigenvalue weighted by Gasteiger charge is 2.07. The third-order valence-corrected chi connectivity index (χ3v) is 3.11. The van der Waals surface area contributed by atoms with Crippen molar-refractivity contribution < 1.29 is 28.6 Å². The second-order valence-electron chi connectivity index (χ2n) is 5.28. The van der Waals surface area contributed by atoms with Gasteiger partial charge >= 0.3 is 17.9 Å². The Balaban J connectivity index is 1.82. The van der Waals surface area contributed by atoms with Crippen molar-refractivity contribution >= 4 is 24.0 Å². The molecule has 0 fully saturated rings. The van der Waals surface area contributed by atoms with Gasteiger partial charge in [-0.1, -0.05) is 18.2 Å². The fourth-order valence-electron chi connectivity index (χ4n) is 2.03. The molecular formula is C20H18O6. The minimum absolute atomic E-state index is 0.107. The Morgan fingerprint density at radius 2 is 1.31 bits per heavy atom. The molecule has 0 aliphatic rings. The Bertz CT molecular complexity index is 803. The molecule has 0 aliphatic carbocycles. The zero-order valence-corrected chi connectivity index (χ0v) is 14.4. The van der Waals surface area contributed by atoms with Crippen molar-refractivity contribution in [1.82, 2.24) is 0 Å². The maximum absolute atomic E-state index is 11.9. The number of rotatable bonds is 6. The standard InChI is InChI=1S/C20H18O6/c1-14(21)25-18-9-5-16(6-10-18)4-3-13-24-20(23)17-7-11-19(12-8-17)26-15(2)22/h3-12H,13H2,1-2H3/b4-3-. The summed E-state index contributed by atoms with van der Waals surface area (Å²) in [5, 5.41) is 0. The highest BCUT2D eigenvalue weighted by Crippen LogP contribution is 2.14. The van der Waals surface area contributed by atoms with Gasteiger partial charge < -0.3 is 14.2 Å². The summed E-state index contributed by atoms with van der Waals surface area (Å²) in [6, 6.07) is 13.0. The third-order valence-electron chi connectivity index (χ3n) is 3.11. The number of hydrogen-bond acceptors (Lipinski definition) is 6. The summed E-state index contributed by atoms with van der Waals surface area (Å²) in [7, 11) is 0. The van der Waals surface area contributed by atoms with E-state index in [0.717, 1.165) is 5.56 Å². The van der Waals surface area contributed by atoms with Gasteiger partial charge in [0, 0.05) is 13.8 Å². The first-order valence-electron chi connectivity index (χ1n) is 7.84. The molecule has 6 heteroatoms. The molecule has 134 valence electrons. The van der Waals surface area contributed by atoms with E-state index in [2.05, 4.69) is 0 Å². The smallest absolute Gasteiger partial charge is 0.338 e. The molecule has 0 unspecified atom stereocenters. The molecule has 0 N–H and O–H groups in total. The Morgan fingerprint density at radius 1 is 0.808 bits per heavy atom. The van der Waals surface area contributed by atoms with Crippen LogP contribution in [0.3, 0.4) is 0 Å². The Hall–Kier alpha value is -3.41. The predicted octanol–water partition coefficient (Wildman–Crippen LogP) is 3.41. The van der Waals surface area contributed by atoms with Crippen LogP contribution in [0, 0.1) is 0 Å². The Kier molecular flexibility index (Phi) is 6.68. The number of carbonyl (C=O) groups is 3. The van der Waals surface area contributed by atoms with E-state index >= 15 is 0 Å². The van der Waals surface area contributed by atoms with Crippen molar-refractivity contribution in [1.29, 1.82) is 0 Å². The predicted molar refractivity (Wildman–Crippen MR) is 94.8 cm³/mol. The second kappa shape index (κ2) is 9.17. The zero-order chi connectivity index (χ0) is 18.9. The molecule has 0 aromatic heterocycles. The fourth-order valence-corrected chi connectivity index (χ4v) is 2.03. The summed E-state index contributed by atoms with van der Waals surface area (Å²) in [5.41, 5.74) is 1.24. The summed E-state index contributed by atoms with van der Waals surface area (Å²) in [5.74, 6) is -0.439. The van der Waals surface area contributed by atoms with Crippen LogP contribution in [-0.4, -0.2) is 24.5 Å². The van der Waals surface area contributed by atoms with Gasteiger partial charge in [0.05, 0.1) is 5.56 Å². The van der Waals surface area contributed by atoms with Gasteiger partial charge in [0.1, 0.15) is 18.1 Å². The van der Waals surface area contributed by atoms with Crippen LogP contribution < -0.4 is 9.47 Å². The molecule has 2 aromatic rings. The Labute approximate surface area is 151 Å². The number of carbonyl (C=O) groups excluding carboxylic acids is 3. The molecule has 26 heavy (non-hydrogen) atoms. The summed E-state index contributed by atoms with van der Waals surface area (Å²) in [6.07, 6.45) is 3.49. The minimum atomic E-state index is -0.478. The fraction of sp³-hybridized carbons (Fsp3) is 0.150. The van der Waals surface area contributed by atoms with E-state index in [1.807, 2.05) is 0 Å². The number of hydrogen-bond donors (Lipinski definition) is 0. The third kappa shape index (κ3) is 6.24. The van der Waals surface area contributed by atoms with Gasteiger partial charge in [-0.25, -0.2) is 4.79 Å². The van der Waals surface area contributed by atoms with Gasteiger partial charge in [-0.3, -0.25) is 9.59 Å². The summed E-state index contributed by atoms with van der Waals surface area (Å²) >= 11 is 0. The first-order chi connectivity index (χ1) is 12.4. The van der Waals surface area contributed by atoms with Crippen molar-refractivity contribution in [3.8, 4) is 11.5 Å². The molecule has 0 amide bonds. The minimum Gasteiger partial charge on any atom is -0.458 e. The summed E-state index contributed by atoms with van der Waals surface area (Å²) in [4.78, 5) is 33.6. The number of esters is 3. The van der Waals surface area contributed by atoms with Crippen LogP contribution in [0.2, 0.25) is 0 Å². The van der Waals surface area contributed by atoms with Crippen molar-refractivity contribution in [3.05, 3.63) is 65.7 Å². The van der Waals surface area contributed by atoms with E-state index in [1.165, 1.54) is 38.1 Å². The van der Waals surface area contributed by atoms with Crippen LogP contribution >= 0.6 is 0 Å². The first-order valence-corrected chi connectivity index (χ1v) is 7.84. The topological polar surface area (TPSA) is 78.9 Å². The van der Waals surface area contributed by atoms with Crippen LogP contribution in [0.4, 0.5) is 0 Å². The lowest BCUT2D eigenvalue weighted by molar-refractivity contribution is -0.132. The molecule has 0 atom stereocenters. The van der Waals surface area contributed by atoms with Gasteiger partial charge in [0.2, 0.25) is 0 Å². The Morgan fingerprint density at radius 3 is 1.81 bits per heavy atom. The molecule has 2 aromatic carbocycles. The van der Waals surface area contributed by atoms with E-state index in [0.29, 0.717) is 17.1 Å². The van der Waals surface area contributed by atoms with E-state index in [4.69, 9.17) is 14.2 Å². The van der Waals surface area contributed by atoms with Crippen molar-refractivity contribution in [2.45, 2.75) is 13.8 Å². The first kappa shape index (κ1) is 18.9. The van der Waals surface area contributed by atoms with E-state index in [1.54, 1.807) is 36.4 Å². The zero-order valence-electron chi connectivity index (χ0n) is 14.4. The largest absolute Gasteiger partial charge is 0.458 e. The van der Waals surface area contributed by atoms with Gasteiger partial charge in [-0.2, -0.15) is 0 Å². The van der Waals surface area contributed by atoms with E-state index in [-0.39, 0.29) is 12.6 Å².